The van der Waals surface area contributed by atoms with Crippen LogP contribution < -0.4 is 0 Å². The van der Waals surface area contributed by atoms with Crippen LogP contribution in [0.15, 0.2) is 0 Å². The summed E-state index contributed by atoms with van der Waals surface area (Å²) in [7, 11) is 1.72. The van der Waals surface area contributed by atoms with Gasteiger partial charge < -0.3 is 9.47 Å². The van der Waals surface area contributed by atoms with Crippen LogP contribution in [0.4, 0.5) is 4.39 Å². The van der Waals surface area contributed by atoms with Crippen molar-refractivity contribution in [2.75, 3.05) is 7.05 Å². The van der Waals surface area contributed by atoms with Gasteiger partial charge in [0.1, 0.15) is 0 Å². The first-order valence-corrected chi connectivity index (χ1v) is 5.35. The van der Waals surface area contributed by atoms with Crippen LogP contribution in [0.3, 0.4) is 0 Å². The van der Waals surface area contributed by atoms with Gasteiger partial charge in [-0.05, 0) is 19.3 Å². The summed E-state index contributed by atoms with van der Waals surface area (Å²) in [6.07, 6.45) is 3.03. The molecule has 1 aromatic rings. The fourth-order valence-electron chi connectivity index (χ4n) is 2.65. The Bertz CT molecular complexity index is 450. The molecule has 0 radical (unpaired) electrons. The summed E-state index contributed by atoms with van der Waals surface area (Å²) >= 11 is 0. The van der Waals surface area contributed by atoms with Crippen molar-refractivity contribution < 1.29 is 9.18 Å². The van der Waals surface area contributed by atoms with Crippen molar-refractivity contribution in [2.45, 2.75) is 32.4 Å². The first-order valence-electron chi connectivity index (χ1n) is 5.35. The van der Waals surface area contributed by atoms with Crippen molar-refractivity contribution in [2.24, 2.45) is 0 Å². The quantitative estimate of drug-likeness (QED) is 0.635. The average Bonchev–Trinajstić information content (AvgIpc) is 2.68. The van der Waals surface area contributed by atoms with Crippen molar-refractivity contribution in [1.82, 2.24) is 9.47 Å². The Morgan fingerprint density at radius 2 is 2.13 bits per heavy atom. The van der Waals surface area contributed by atoms with Gasteiger partial charge >= 0.3 is 0 Å². The van der Waals surface area contributed by atoms with Crippen molar-refractivity contribution in [3.8, 4) is 0 Å². The Balaban J connectivity index is 2.22. The highest BCUT2D eigenvalue weighted by Crippen LogP contribution is 2.33. The van der Waals surface area contributed by atoms with Crippen LogP contribution in [0.5, 0.6) is 0 Å². The minimum Gasteiger partial charge on any atom is -0.337 e. The van der Waals surface area contributed by atoms with Gasteiger partial charge in [0, 0.05) is 31.4 Å². The second-order valence-electron chi connectivity index (χ2n) is 4.36. The number of rotatable bonds is 0. The van der Waals surface area contributed by atoms with Crippen LogP contribution in [-0.4, -0.2) is 22.4 Å². The van der Waals surface area contributed by atoms with E-state index >= 15 is 0 Å². The molecule has 0 aromatic carbocycles. The summed E-state index contributed by atoms with van der Waals surface area (Å²) in [5.41, 5.74) is 2.31. The third kappa shape index (κ3) is 1.02. The Morgan fingerprint density at radius 1 is 1.33 bits per heavy atom. The van der Waals surface area contributed by atoms with E-state index in [9.17, 15) is 9.18 Å². The van der Waals surface area contributed by atoms with Crippen LogP contribution in [0.25, 0.3) is 0 Å². The maximum Gasteiger partial charge on any atom is 0.258 e. The first-order chi connectivity index (χ1) is 7.20. The fraction of sp³-hybridized carbons (Fsp3) is 0.545. The van der Waals surface area contributed by atoms with Gasteiger partial charge in [0.2, 0.25) is 5.95 Å². The molecule has 0 bridgehead atoms. The van der Waals surface area contributed by atoms with Gasteiger partial charge in [-0.2, -0.15) is 4.39 Å². The number of fused-ring (bicyclic) bond motifs is 3. The lowest BCUT2D eigenvalue weighted by molar-refractivity contribution is 0.0810. The predicted octanol–water partition coefficient (Wildman–Crippen LogP) is 1.55. The second kappa shape index (κ2) is 2.84. The lowest BCUT2D eigenvalue weighted by Crippen LogP contribution is -2.21. The number of nitrogens with zero attached hydrogens (tertiary/aromatic N) is 2. The molecule has 0 aliphatic carbocycles. The number of carbonyl (C=O) groups is 1. The molecule has 2 aliphatic rings. The molecule has 15 heavy (non-hydrogen) atoms. The standard InChI is InChI=1S/C11H13FN2O/c1-13-6-7-8-4-2-3-5-14(8)10(12)9(7)11(13)15/h2-6H2,1H3. The SMILES string of the molecule is CN1Cc2c(c(F)n3c2CCCC3)C1=O. The molecule has 0 atom stereocenters. The van der Waals surface area contributed by atoms with Gasteiger partial charge in [-0.1, -0.05) is 0 Å². The van der Waals surface area contributed by atoms with E-state index < -0.39 is 0 Å². The molecule has 0 saturated carbocycles. The zero-order valence-electron chi connectivity index (χ0n) is 8.72. The molecule has 80 valence electrons. The number of carbonyl (C=O) groups excluding carboxylic acids is 1. The highest BCUT2D eigenvalue weighted by molar-refractivity contribution is 5.98. The number of amides is 1. The zero-order chi connectivity index (χ0) is 10.6. The lowest BCUT2D eigenvalue weighted by Gasteiger charge is -2.18. The Labute approximate surface area is 87.5 Å². The van der Waals surface area contributed by atoms with E-state index in [2.05, 4.69) is 0 Å². The van der Waals surface area contributed by atoms with E-state index in [4.69, 9.17) is 0 Å². The molecule has 1 amide bonds. The zero-order valence-corrected chi connectivity index (χ0v) is 8.72. The molecular formula is C11H13FN2O. The summed E-state index contributed by atoms with van der Waals surface area (Å²) in [6, 6.07) is 0. The Morgan fingerprint density at radius 3 is 2.93 bits per heavy atom. The second-order valence-corrected chi connectivity index (χ2v) is 4.36. The minimum atomic E-state index is -0.311. The van der Waals surface area contributed by atoms with Crippen LogP contribution in [0.1, 0.15) is 34.5 Å². The minimum absolute atomic E-state index is 0.163. The van der Waals surface area contributed by atoms with E-state index in [1.807, 2.05) is 0 Å². The van der Waals surface area contributed by atoms with Crippen LogP contribution in [0, 0.1) is 5.95 Å². The highest BCUT2D eigenvalue weighted by atomic mass is 19.1. The van der Waals surface area contributed by atoms with Gasteiger partial charge in [-0.3, -0.25) is 4.79 Å². The van der Waals surface area contributed by atoms with Gasteiger partial charge in [0.25, 0.3) is 5.91 Å². The molecule has 3 nitrogen and oxygen atoms in total. The summed E-state index contributed by atoms with van der Waals surface area (Å²) in [4.78, 5) is 13.3. The van der Waals surface area contributed by atoms with E-state index in [1.165, 1.54) is 0 Å². The number of aromatic nitrogens is 1. The van der Waals surface area contributed by atoms with Gasteiger partial charge in [0.15, 0.2) is 0 Å². The number of halogens is 1. The lowest BCUT2D eigenvalue weighted by atomic mass is 10.1. The van der Waals surface area contributed by atoms with E-state index in [1.54, 1.807) is 16.5 Å². The van der Waals surface area contributed by atoms with Gasteiger partial charge in [-0.15, -0.1) is 0 Å². The van der Waals surface area contributed by atoms with E-state index in [0.717, 1.165) is 37.1 Å². The van der Waals surface area contributed by atoms with Crippen molar-refractivity contribution in [1.29, 1.82) is 0 Å². The van der Waals surface area contributed by atoms with Crippen molar-refractivity contribution in [3.05, 3.63) is 22.8 Å². The maximum atomic E-state index is 14.0. The summed E-state index contributed by atoms with van der Waals surface area (Å²) in [5.74, 6) is -0.474. The molecular weight excluding hydrogens is 195 g/mol. The van der Waals surface area contributed by atoms with E-state index in [0.29, 0.717) is 12.1 Å². The number of hydrogen-bond acceptors (Lipinski definition) is 1. The molecule has 3 rings (SSSR count). The summed E-state index contributed by atoms with van der Waals surface area (Å²) < 4.78 is 15.6. The molecule has 3 heterocycles. The normalized spacial score (nSPS) is 19.3. The highest BCUT2D eigenvalue weighted by Gasteiger charge is 2.35. The molecule has 1 aromatic heterocycles. The first kappa shape index (κ1) is 8.95. The Kier molecular flexibility index (Phi) is 1.69. The van der Waals surface area contributed by atoms with Gasteiger partial charge in [-0.25, -0.2) is 0 Å². The average molecular weight is 208 g/mol. The monoisotopic (exact) mass is 208 g/mol. The maximum absolute atomic E-state index is 14.0. The van der Waals surface area contributed by atoms with Crippen LogP contribution in [-0.2, 0) is 19.5 Å². The van der Waals surface area contributed by atoms with Crippen molar-refractivity contribution >= 4 is 5.91 Å². The molecule has 0 unspecified atom stereocenters. The number of hydrogen-bond donors (Lipinski definition) is 0. The van der Waals surface area contributed by atoms with E-state index in [-0.39, 0.29) is 11.9 Å². The summed E-state index contributed by atoms with van der Waals surface area (Å²) in [5, 5.41) is 0. The third-order valence-electron chi connectivity index (χ3n) is 3.42. The molecule has 0 N–H and O–H groups in total. The van der Waals surface area contributed by atoms with Crippen LogP contribution in [0.2, 0.25) is 0 Å². The molecule has 4 heteroatoms. The van der Waals surface area contributed by atoms with Crippen LogP contribution >= 0.6 is 0 Å². The topological polar surface area (TPSA) is 25.2 Å². The molecule has 0 saturated heterocycles. The third-order valence-corrected chi connectivity index (χ3v) is 3.42. The van der Waals surface area contributed by atoms with Gasteiger partial charge in [0.05, 0.1) is 5.56 Å². The smallest absolute Gasteiger partial charge is 0.258 e. The molecule has 0 spiro atoms. The Hall–Kier alpha value is -1.32. The molecule has 2 aliphatic heterocycles. The largest absolute Gasteiger partial charge is 0.337 e. The fourth-order valence-corrected chi connectivity index (χ4v) is 2.65. The predicted molar refractivity (Wildman–Crippen MR) is 53.1 cm³/mol. The molecule has 0 fully saturated rings. The summed E-state index contributed by atoms with van der Waals surface area (Å²) in [6.45, 7) is 1.30. The van der Waals surface area contributed by atoms with Crippen molar-refractivity contribution in [3.63, 3.8) is 0 Å².